The lowest BCUT2D eigenvalue weighted by molar-refractivity contribution is 0.00995. The normalized spacial score (nSPS) is 21.9. The van der Waals surface area contributed by atoms with Gasteiger partial charge in [0.25, 0.3) is 5.91 Å². The second-order valence-electron chi connectivity index (χ2n) is 9.21. The van der Waals surface area contributed by atoms with Crippen molar-refractivity contribution in [3.63, 3.8) is 0 Å². The molecule has 182 valence electrons. The summed E-state index contributed by atoms with van der Waals surface area (Å²) < 4.78 is 5.93. The third-order valence-electron chi connectivity index (χ3n) is 6.59. The fourth-order valence-electron chi connectivity index (χ4n) is 4.82. The number of likely N-dealkylation sites (tertiary alicyclic amines) is 1. The molecule has 0 bridgehead atoms. The van der Waals surface area contributed by atoms with E-state index < -0.39 is 0 Å². The average molecular weight is 467 g/mol. The molecule has 2 atom stereocenters. The number of benzene rings is 1. The first-order chi connectivity index (χ1) is 16.4. The molecule has 2 aromatic rings. The highest BCUT2D eigenvalue weighted by molar-refractivity contribution is 5.93. The first-order valence-corrected chi connectivity index (χ1v) is 12.0. The highest BCUT2D eigenvalue weighted by atomic mass is 16.6. The molecule has 0 aliphatic carbocycles. The van der Waals surface area contributed by atoms with Gasteiger partial charge in [-0.1, -0.05) is 30.3 Å². The number of amides is 2. The van der Waals surface area contributed by atoms with E-state index in [1.807, 2.05) is 24.8 Å². The van der Waals surface area contributed by atoms with Crippen LogP contribution in [-0.2, 0) is 11.3 Å². The van der Waals surface area contributed by atoms with E-state index in [0.717, 1.165) is 32.5 Å². The fraction of sp³-hybridized carbons (Fsp3) is 0.520. The molecule has 3 heterocycles. The fourth-order valence-corrected chi connectivity index (χ4v) is 4.82. The molecular formula is C25H34N6O3. The Morgan fingerprint density at radius 3 is 2.24 bits per heavy atom. The number of nitrogens with zero attached hydrogens (tertiary/aromatic N) is 5. The number of hydrogen-bond acceptors (Lipinski definition) is 7. The number of anilines is 1. The summed E-state index contributed by atoms with van der Waals surface area (Å²) >= 11 is 0. The molecule has 2 fully saturated rings. The Kier molecular flexibility index (Phi) is 7.62. The molecule has 1 aromatic carbocycles. The lowest BCUT2D eigenvalue weighted by Gasteiger charge is -2.44. The number of rotatable bonds is 5. The zero-order chi connectivity index (χ0) is 24.1. The van der Waals surface area contributed by atoms with Gasteiger partial charge < -0.3 is 15.0 Å². The number of carbonyl (C=O) groups excluding carboxylic acids is 2. The van der Waals surface area contributed by atoms with Crippen molar-refractivity contribution >= 4 is 17.9 Å². The molecule has 2 aliphatic heterocycles. The average Bonchev–Trinajstić information content (AvgIpc) is 2.85. The number of hydrogen-bond donors (Lipinski definition) is 1. The van der Waals surface area contributed by atoms with Gasteiger partial charge in [-0.2, -0.15) is 0 Å². The van der Waals surface area contributed by atoms with Crippen molar-refractivity contribution in [2.24, 2.45) is 0 Å². The molecule has 0 saturated carbocycles. The summed E-state index contributed by atoms with van der Waals surface area (Å²) in [5.41, 5.74) is 1.73. The maximum absolute atomic E-state index is 13.1. The van der Waals surface area contributed by atoms with Crippen LogP contribution in [0, 0.1) is 0 Å². The molecule has 9 nitrogen and oxygen atoms in total. The molecule has 1 N–H and O–H groups in total. The summed E-state index contributed by atoms with van der Waals surface area (Å²) in [5.74, 6) is 0.344. The van der Waals surface area contributed by atoms with E-state index in [1.54, 1.807) is 7.05 Å². The molecule has 2 saturated heterocycles. The summed E-state index contributed by atoms with van der Waals surface area (Å²) in [6, 6.07) is 10.4. The maximum atomic E-state index is 13.1. The number of piperidine rings is 1. The highest BCUT2D eigenvalue weighted by Gasteiger charge is 2.36. The lowest BCUT2D eigenvalue weighted by Crippen LogP contribution is -2.59. The molecule has 4 rings (SSSR count). The van der Waals surface area contributed by atoms with E-state index in [9.17, 15) is 9.59 Å². The molecule has 2 aliphatic rings. The Balaban J connectivity index is 1.28. The molecular weight excluding hydrogens is 432 g/mol. The number of nitrogens with one attached hydrogen (secondary N) is 1. The van der Waals surface area contributed by atoms with Crippen LogP contribution in [0.1, 0.15) is 42.6 Å². The number of ether oxygens (including phenoxy) is 1. The number of aromatic nitrogens is 2. The van der Waals surface area contributed by atoms with Crippen LogP contribution in [0.3, 0.4) is 0 Å². The monoisotopic (exact) mass is 466 g/mol. The van der Waals surface area contributed by atoms with Gasteiger partial charge in [0.1, 0.15) is 6.10 Å². The third kappa shape index (κ3) is 5.64. The van der Waals surface area contributed by atoms with Crippen molar-refractivity contribution in [2.75, 3.05) is 38.1 Å². The predicted octanol–water partition coefficient (Wildman–Crippen LogP) is 2.54. The third-order valence-corrected chi connectivity index (χ3v) is 6.59. The minimum atomic E-state index is -0.239. The second kappa shape index (κ2) is 10.8. The Labute approximate surface area is 201 Å². The smallest absolute Gasteiger partial charge is 0.410 e. The largest absolute Gasteiger partial charge is 0.446 e. The van der Waals surface area contributed by atoms with Crippen LogP contribution >= 0.6 is 0 Å². The molecule has 34 heavy (non-hydrogen) atoms. The summed E-state index contributed by atoms with van der Waals surface area (Å²) in [6.07, 6.45) is 4.48. The van der Waals surface area contributed by atoms with E-state index in [2.05, 4.69) is 49.4 Å². The zero-order valence-electron chi connectivity index (χ0n) is 20.2. The van der Waals surface area contributed by atoms with Crippen LogP contribution in [0.4, 0.5) is 10.7 Å². The minimum Gasteiger partial charge on any atom is -0.446 e. The lowest BCUT2D eigenvalue weighted by atomic mass is 10.1. The first-order valence-electron chi connectivity index (χ1n) is 12.0. The Bertz CT molecular complexity index is 950. The van der Waals surface area contributed by atoms with Crippen molar-refractivity contribution in [3.05, 3.63) is 53.9 Å². The van der Waals surface area contributed by atoms with Crippen molar-refractivity contribution in [2.45, 2.75) is 51.4 Å². The van der Waals surface area contributed by atoms with Gasteiger partial charge >= 0.3 is 6.09 Å². The number of carbonyl (C=O) groups is 2. The van der Waals surface area contributed by atoms with Crippen LogP contribution in [0.5, 0.6) is 0 Å². The van der Waals surface area contributed by atoms with Gasteiger partial charge in [-0.3, -0.25) is 14.6 Å². The van der Waals surface area contributed by atoms with Gasteiger partial charge in [-0.05, 0) is 32.3 Å². The van der Waals surface area contributed by atoms with Crippen molar-refractivity contribution in [1.82, 2.24) is 25.1 Å². The van der Waals surface area contributed by atoms with Crippen LogP contribution in [-0.4, -0.2) is 83.2 Å². The van der Waals surface area contributed by atoms with Crippen molar-refractivity contribution < 1.29 is 14.3 Å². The van der Waals surface area contributed by atoms with Gasteiger partial charge in [-0.25, -0.2) is 14.8 Å². The van der Waals surface area contributed by atoms with Gasteiger partial charge in [0, 0.05) is 52.2 Å². The van der Waals surface area contributed by atoms with Crippen molar-refractivity contribution in [3.8, 4) is 0 Å². The summed E-state index contributed by atoms with van der Waals surface area (Å²) in [4.78, 5) is 39.8. The van der Waals surface area contributed by atoms with Crippen LogP contribution in [0.2, 0.25) is 0 Å². The highest BCUT2D eigenvalue weighted by Crippen LogP contribution is 2.23. The molecule has 1 aromatic heterocycles. The SMILES string of the molecule is CNC(=O)c1cnc(N2C[C@@H](C)N(C(=O)OC3CCN(Cc4ccccc4)CC3)[C@@H](C)C2)nc1. The Morgan fingerprint density at radius 1 is 1.03 bits per heavy atom. The van der Waals surface area contributed by atoms with Gasteiger partial charge in [0.05, 0.1) is 17.6 Å². The standard InChI is InChI=1S/C25H34N6O3/c1-18-15-30(24-27-13-21(14-28-24)23(32)26-3)16-19(2)31(18)25(33)34-22-9-11-29(12-10-22)17-20-7-5-4-6-8-20/h4-8,13-14,18-19,22H,9-12,15-17H2,1-3H3,(H,26,32)/t18-,19+. The summed E-state index contributed by atoms with van der Waals surface area (Å²) in [5, 5.41) is 2.57. The van der Waals surface area contributed by atoms with E-state index in [1.165, 1.54) is 18.0 Å². The predicted molar refractivity (Wildman–Crippen MR) is 130 cm³/mol. The Morgan fingerprint density at radius 2 is 1.65 bits per heavy atom. The molecule has 9 heteroatoms. The molecule has 0 radical (unpaired) electrons. The van der Waals surface area contributed by atoms with Gasteiger partial charge in [0.2, 0.25) is 5.95 Å². The van der Waals surface area contributed by atoms with E-state index in [-0.39, 0.29) is 30.2 Å². The Hall–Kier alpha value is -3.20. The summed E-state index contributed by atoms with van der Waals surface area (Å²) in [7, 11) is 1.58. The molecule has 0 unspecified atom stereocenters. The van der Waals surface area contributed by atoms with E-state index in [0.29, 0.717) is 24.6 Å². The maximum Gasteiger partial charge on any atom is 0.410 e. The minimum absolute atomic E-state index is 0.0439. The zero-order valence-corrected chi connectivity index (χ0v) is 20.2. The first kappa shape index (κ1) is 23.9. The second-order valence-corrected chi connectivity index (χ2v) is 9.21. The van der Waals surface area contributed by atoms with E-state index >= 15 is 0 Å². The van der Waals surface area contributed by atoms with E-state index in [4.69, 9.17) is 4.74 Å². The quantitative estimate of drug-likeness (QED) is 0.724. The van der Waals surface area contributed by atoms with Crippen LogP contribution < -0.4 is 10.2 Å². The molecule has 2 amide bonds. The topological polar surface area (TPSA) is 90.9 Å². The number of piperazine rings is 1. The van der Waals surface area contributed by atoms with Crippen LogP contribution in [0.15, 0.2) is 42.7 Å². The van der Waals surface area contributed by atoms with Gasteiger partial charge in [-0.15, -0.1) is 0 Å². The summed E-state index contributed by atoms with van der Waals surface area (Å²) in [6.45, 7) is 8.03. The van der Waals surface area contributed by atoms with Gasteiger partial charge in [0.15, 0.2) is 0 Å². The van der Waals surface area contributed by atoms with Crippen LogP contribution in [0.25, 0.3) is 0 Å². The van der Waals surface area contributed by atoms with Crippen molar-refractivity contribution in [1.29, 1.82) is 0 Å². The molecule has 0 spiro atoms.